The normalized spacial score (nSPS) is 12.2. The summed E-state index contributed by atoms with van der Waals surface area (Å²) in [6.07, 6.45) is 5.13. The number of likely N-dealkylation sites (N-methyl/N-ethyl adjacent to an activating group) is 1. The van der Waals surface area contributed by atoms with E-state index >= 15 is 0 Å². The summed E-state index contributed by atoms with van der Waals surface area (Å²) in [5, 5.41) is 0. The van der Waals surface area contributed by atoms with Gasteiger partial charge in [0.2, 0.25) is 5.91 Å². The number of carbonyl (C=O) groups excluding carboxylic acids is 1. The van der Waals surface area contributed by atoms with Crippen LogP contribution in [-0.4, -0.2) is 28.9 Å². The number of amides is 1. The van der Waals surface area contributed by atoms with Crippen LogP contribution in [0.15, 0.2) is 24.5 Å². The Kier molecular flexibility index (Phi) is 4.92. The molecular weight excluding hydrogens is 202 g/mol. The monoisotopic (exact) mass is 221 g/mol. The smallest absolute Gasteiger partial charge is 0.239 e. The van der Waals surface area contributed by atoms with Gasteiger partial charge in [-0.05, 0) is 18.1 Å². The molecule has 0 unspecified atom stereocenters. The lowest BCUT2D eigenvalue weighted by molar-refractivity contribution is -0.132. The van der Waals surface area contributed by atoms with Gasteiger partial charge in [-0.25, -0.2) is 0 Å². The number of nitrogens with two attached hydrogens (primary N) is 1. The van der Waals surface area contributed by atoms with Crippen molar-refractivity contribution in [2.75, 3.05) is 7.05 Å². The third-order valence-electron chi connectivity index (χ3n) is 2.44. The highest BCUT2D eigenvalue weighted by molar-refractivity contribution is 5.81. The topological polar surface area (TPSA) is 59.2 Å². The molecule has 0 aromatic carbocycles. The minimum absolute atomic E-state index is 0.00861. The Balaban J connectivity index is 2.52. The van der Waals surface area contributed by atoms with Gasteiger partial charge in [0.25, 0.3) is 0 Å². The Hall–Kier alpha value is -1.42. The lowest BCUT2D eigenvalue weighted by Crippen LogP contribution is -2.41. The lowest BCUT2D eigenvalue weighted by Gasteiger charge is -2.20. The van der Waals surface area contributed by atoms with E-state index in [1.54, 1.807) is 24.3 Å². The fourth-order valence-corrected chi connectivity index (χ4v) is 1.56. The van der Waals surface area contributed by atoms with Gasteiger partial charge in [0.1, 0.15) is 0 Å². The van der Waals surface area contributed by atoms with Crippen LogP contribution in [0.2, 0.25) is 0 Å². The molecule has 1 rings (SSSR count). The fraction of sp³-hybridized carbons (Fsp3) is 0.500. The van der Waals surface area contributed by atoms with Crippen LogP contribution in [0, 0.1) is 0 Å². The third-order valence-corrected chi connectivity index (χ3v) is 2.44. The third kappa shape index (κ3) is 3.62. The highest BCUT2D eigenvalue weighted by Gasteiger charge is 2.16. The van der Waals surface area contributed by atoms with E-state index in [-0.39, 0.29) is 11.9 Å². The average Bonchev–Trinajstić information content (AvgIpc) is 2.29. The van der Waals surface area contributed by atoms with Crippen molar-refractivity contribution in [2.45, 2.75) is 32.4 Å². The minimum Gasteiger partial charge on any atom is -0.340 e. The predicted molar refractivity (Wildman–Crippen MR) is 63.6 cm³/mol. The van der Waals surface area contributed by atoms with Crippen molar-refractivity contribution < 1.29 is 4.79 Å². The highest BCUT2D eigenvalue weighted by atomic mass is 16.2. The van der Waals surface area contributed by atoms with E-state index in [4.69, 9.17) is 5.73 Å². The SMILES string of the molecule is CCC[C@@H](N)C(=O)N(C)Cc1cccnc1. The second kappa shape index (κ2) is 6.23. The molecule has 4 heteroatoms. The Bertz CT molecular complexity index is 326. The molecule has 0 bridgehead atoms. The molecular formula is C12H19N3O. The van der Waals surface area contributed by atoms with Crippen molar-refractivity contribution in [3.05, 3.63) is 30.1 Å². The van der Waals surface area contributed by atoms with Crippen molar-refractivity contribution >= 4 is 5.91 Å². The van der Waals surface area contributed by atoms with Gasteiger partial charge in [-0.15, -0.1) is 0 Å². The van der Waals surface area contributed by atoms with Crippen LogP contribution in [-0.2, 0) is 11.3 Å². The fourth-order valence-electron chi connectivity index (χ4n) is 1.56. The maximum atomic E-state index is 11.8. The van der Waals surface area contributed by atoms with Gasteiger partial charge in [0.15, 0.2) is 0 Å². The number of hydrogen-bond acceptors (Lipinski definition) is 3. The Morgan fingerprint density at radius 3 is 2.94 bits per heavy atom. The second-order valence-corrected chi connectivity index (χ2v) is 3.95. The van der Waals surface area contributed by atoms with Crippen molar-refractivity contribution in [2.24, 2.45) is 5.73 Å². The molecule has 0 saturated heterocycles. The first-order chi connectivity index (χ1) is 7.65. The maximum Gasteiger partial charge on any atom is 0.239 e. The molecule has 1 aromatic rings. The molecule has 16 heavy (non-hydrogen) atoms. The van der Waals surface area contributed by atoms with Gasteiger partial charge < -0.3 is 10.6 Å². The van der Waals surface area contributed by atoms with Gasteiger partial charge in [-0.3, -0.25) is 9.78 Å². The number of rotatable bonds is 5. The van der Waals surface area contributed by atoms with Gasteiger partial charge in [-0.2, -0.15) is 0 Å². The average molecular weight is 221 g/mol. The van der Waals surface area contributed by atoms with E-state index in [1.807, 2.05) is 19.1 Å². The summed E-state index contributed by atoms with van der Waals surface area (Å²) in [6, 6.07) is 3.42. The Morgan fingerprint density at radius 2 is 2.38 bits per heavy atom. The Morgan fingerprint density at radius 1 is 1.62 bits per heavy atom. The van der Waals surface area contributed by atoms with Crippen molar-refractivity contribution in [1.29, 1.82) is 0 Å². The van der Waals surface area contributed by atoms with E-state index in [0.29, 0.717) is 6.54 Å². The van der Waals surface area contributed by atoms with Gasteiger partial charge >= 0.3 is 0 Å². The molecule has 0 fully saturated rings. The Labute approximate surface area is 96.5 Å². The van der Waals surface area contributed by atoms with Crippen LogP contribution in [0.1, 0.15) is 25.3 Å². The molecule has 2 N–H and O–H groups in total. The van der Waals surface area contributed by atoms with E-state index < -0.39 is 0 Å². The molecule has 88 valence electrons. The van der Waals surface area contributed by atoms with Gasteiger partial charge in [-0.1, -0.05) is 19.4 Å². The summed E-state index contributed by atoms with van der Waals surface area (Å²) < 4.78 is 0. The second-order valence-electron chi connectivity index (χ2n) is 3.95. The van der Waals surface area contributed by atoms with E-state index in [1.165, 1.54) is 0 Å². The number of nitrogens with zero attached hydrogens (tertiary/aromatic N) is 2. The summed E-state index contributed by atoms with van der Waals surface area (Å²) in [4.78, 5) is 17.5. The lowest BCUT2D eigenvalue weighted by atomic mass is 10.1. The number of pyridine rings is 1. The highest BCUT2D eigenvalue weighted by Crippen LogP contribution is 2.04. The molecule has 4 nitrogen and oxygen atoms in total. The van der Waals surface area contributed by atoms with Crippen LogP contribution in [0.3, 0.4) is 0 Å². The van der Waals surface area contributed by atoms with E-state index in [9.17, 15) is 4.79 Å². The van der Waals surface area contributed by atoms with Crippen LogP contribution in [0.25, 0.3) is 0 Å². The van der Waals surface area contributed by atoms with Crippen LogP contribution < -0.4 is 5.73 Å². The molecule has 0 spiro atoms. The largest absolute Gasteiger partial charge is 0.340 e. The van der Waals surface area contributed by atoms with Crippen LogP contribution in [0.5, 0.6) is 0 Å². The van der Waals surface area contributed by atoms with Crippen molar-refractivity contribution in [3.8, 4) is 0 Å². The summed E-state index contributed by atoms with van der Waals surface area (Å²) in [6.45, 7) is 2.58. The first-order valence-corrected chi connectivity index (χ1v) is 5.54. The first-order valence-electron chi connectivity index (χ1n) is 5.54. The first kappa shape index (κ1) is 12.6. The predicted octanol–water partition coefficient (Wildman–Crippen LogP) is 1.17. The summed E-state index contributed by atoms with van der Waals surface area (Å²) in [5.74, 6) is -0.00861. The van der Waals surface area contributed by atoms with Gasteiger partial charge in [0, 0.05) is 26.0 Å². The summed E-state index contributed by atoms with van der Waals surface area (Å²) >= 11 is 0. The molecule has 0 radical (unpaired) electrons. The van der Waals surface area contributed by atoms with Crippen LogP contribution >= 0.6 is 0 Å². The van der Waals surface area contributed by atoms with E-state index in [2.05, 4.69) is 4.98 Å². The molecule has 0 aliphatic carbocycles. The summed E-state index contributed by atoms with van der Waals surface area (Å²) in [5.41, 5.74) is 6.79. The zero-order chi connectivity index (χ0) is 12.0. The summed E-state index contributed by atoms with van der Waals surface area (Å²) in [7, 11) is 1.77. The van der Waals surface area contributed by atoms with E-state index in [0.717, 1.165) is 18.4 Å². The molecule has 1 amide bonds. The molecule has 0 aliphatic heterocycles. The minimum atomic E-state index is -0.383. The molecule has 0 saturated carbocycles. The molecule has 1 heterocycles. The zero-order valence-electron chi connectivity index (χ0n) is 9.89. The molecule has 1 aromatic heterocycles. The zero-order valence-corrected chi connectivity index (χ0v) is 9.89. The number of carbonyl (C=O) groups is 1. The molecule has 1 atom stereocenters. The standard InChI is InChI=1S/C12H19N3O/c1-3-5-11(13)12(16)15(2)9-10-6-4-7-14-8-10/h4,6-8,11H,3,5,9,13H2,1-2H3/t11-/m1/s1. The number of hydrogen-bond donors (Lipinski definition) is 1. The molecule has 0 aliphatic rings. The van der Waals surface area contributed by atoms with Crippen molar-refractivity contribution in [3.63, 3.8) is 0 Å². The number of aromatic nitrogens is 1. The van der Waals surface area contributed by atoms with Crippen LogP contribution in [0.4, 0.5) is 0 Å². The maximum absolute atomic E-state index is 11.8. The van der Waals surface area contributed by atoms with Gasteiger partial charge in [0.05, 0.1) is 6.04 Å². The van der Waals surface area contributed by atoms with Crippen molar-refractivity contribution in [1.82, 2.24) is 9.88 Å². The quantitative estimate of drug-likeness (QED) is 0.812.